The van der Waals surface area contributed by atoms with Crippen LogP contribution in [0, 0.1) is 0 Å². The Bertz CT molecular complexity index is 511. The molecule has 1 heterocycles. The van der Waals surface area contributed by atoms with Crippen LogP contribution >= 0.6 is 11.8 Å². The van der Waals surface area contributed by atoms with Gasteiger partial charge in [0, 0.05) is 29.1 Å². The van der Waals surface area contributed by atoms with Crippen LogP contribution in [0.5, 0.6) is 0 Å². The van der Waals surface area contributed by atoms with Crippen LogP contribution in [0.1, 0.15) is 6.92 Å². The molecule has 96 valence electrons. The molecule has 2 rings (SSSR count). The molecule has 0 aromatic heterocycles. The summed E-state index contributed by atoms with van der Waals surface area (Å²) in [6.07, 6.45) is 0. The molecule has 3 nitrogen and oxygen atoms in total. The highest BCUT2D eigenvalue weighted by Gasteiger charge is 2.26. The van der Waals surface area contributed by atoms with Crippen molar-refractivity contribution in [3.05, 3.63) is 40.1 Å². The normalized spacial score (nSPS) is 19.8. The van der Waals surface area contributed by atoms with Crippen molar-refractivity contribution < 1.29 is 9.00 Å². The minimum absolute atomic E-state index is 0.163. The first-order valence-corrected chi connectivity index (χ1v) is 7.97. The van der Waals surface area contributed by atoms with Crippen LogP contribution < -0.4 is 4.90 Å². The lowest BCUT2D eigenvalue weighted by Crippen LogP contribution is -2.31. The predicted octanol–water partition coefficient (Wildman–Crippen LogP) is 2.38. The van der Waals surface area contributed by atoms with Crippen molar-refractivity contribution in [1.82, 2.24) is 0 Å². The van der Waals surface area contributed by atoms with E-state index in [0.29, 0.717) is 10.7 Å². The molecule has 1 amide bonds. The zero-order valence-electron chi connectivity index (χ0n) is 10.4. The Hall–Kier alpha value is -1.07. The third kappa shape index (κ3) is 2.67. The smallest absolute Gasteiger partial charge is 0.267 e. The molecule has 1 aromatic carbocycles. The molecule has 1 unspecified atom stereocenters. The second-order valence-electron chi connectivity index (χ2n) is 3.98. The molecule has 1 aliphatic heterocycles. The number of likely N-dealkylation sites (N-methyl/N-ethyl adjacent to an activating group) is 1. The average molecular weight is 281 g/mol. The first-order chi connectivity index (χ1) is 8.61. The van der Waals surface area contributed by atoms with Gasteiger partial charge in [-0.1, -0.05) is 18.2 Å². The van der Waals surface area contributed by atoms with Crippen LogP contribution in [0.3, 0.4) is 0 Å². The first kappa shape index (κ1) is 13.4. The number of hydrogen-bond donors (Lipinski definition) is 0. The van der Waals surface area contributed by atoms with E-state index in [2.05, 4.69) is 0 Å². The number of carbonyl (C=O) groups is 1. The number of nitrogens with zero attached hydrogens (tertiary/aromatic N) is 1. The van der Waals surface area contributed by atoms with Gasteiger partial charge in [0.15, 0.2) is 0 Å². The van der Waals surface area contributed by atoms with Gasteiger partial charge >= 0.3 is 0 Å². The zero-order chi connectivity index (χ0) is 13.1. The Morgan fingerprint density at radius 3 is 2.61 bits per heavy atom. The summed E-state index contributed by atoms with van der Waals surface area (Å²) >= 11 is 1.61. The Kier molecular flexibility index (Phi) is 4.24. The van der Waals surface area contributed by atoms with Gasteiger partial charge in [0.1, 0.15) is 4.91 Å². The number of carbonyl (C=O) groups excluding carboxylic acids is 1. The summed E-state index contributed by atoms with van der Waals surface area (Å²) in [5.41, 5.74) is 0.815. The molecule has 0 bridgehead atoms. The summed E-state index contributed by atoms with van der Waals surface area (Å²) in [4.78, 5) is 15.3. The van der Waals surface area contributed by atoms with Gasteiger partial charge in [0.25, 0.3) is 5.91 Å². The third-order valence-electron chi connectivity index (χ3n) is 2.78. The van der Waals surface area contributed by atoms with Crippen LogP contribution in [0.4, 0.5) is 5.69 Å². The Balaban J connectivity index is 2.29. The van der Waals surface area contributed by atoms with Crippen LogP contribution in [-0.2, 0) is 15.6 Å². The van der Waals surface area contributed by atoms with Crippen LogP contribution in [0.15, 0.2) is 40.1 Å². The summed E-state index contributed by atoms with van der Waals surface area (Å²) in [6.45, 7) is 1.87. The van der Waals surface area contributed by atoms with E-state index in [1.807, 2.05) is 37.3 Å². The first-order valence-electron chi connectivity index (χ1n) is 5.66. The number of allylic oxidation sites excluding steroid dienone is 1. The fourth-order valence-electron chi connectivity index (χ4n) is 1.77. The molecule has 18 heavy (non-hydrogen) atoms. The summed E-state index contributed by atoms with van der Waals surface area (Å²) in [6, 6.07) is 9.40. The molecule has 0 N–H and O–H groups in total. The summed E-state index contributed by atoms with van der Waals surface area (Å²) in [7, 11) is 0.552. The van der Waals surface area contributed by atoms with Gasteiger partial charge in [-0.15, -0.1) is 11.8 Å². The van der Waals surface area contributed by atoms with E-state index < -0.39 is 10.8 Å². The fourth-order valence-corrected chi connectivity index (χ4v) is 4.54. The van der Waals surface area contributed by atoms with Crippen LogP contribution in [0.2, 0.25) is 0 Å². The van der Waals surface area contributed by atoms with Crippen molar-refractivity contribution in [3.8, 4) is 0 Å². The second kappa shape index (κ2) is 5.71. The molecule has 0 saturated heterocycles. The van der Waals surface area contributed by atoms with Gasteiger partial charge < -0.3 is 4.90 Å². The van der Waals surface area contributed by atoms with Crippen molar-refractivity contribution in [2.75, 3.05) is 23.5 Å². The molecule has 5 heteroatoms. The Morgan fingerprint density at radius 1 is 1.33 bits per heavy atom. The van der Waals surface area contributed by atoms with E-state index in [0.717, 1.165) is 16.3 Å². The van der Waals surface area contributed by atoms with E-state index in [-0.39, 0.29) is 5.91 Å². The highest BCUT2D eigenvalue weighted by atomic mass is 32.2. The molecule has 1 atom stereocenters. The Labute approximate surface area is 114 Å². The van der Waals surface area contributed by atoms with Gasteiger partial charge in [-0.2, -0.15) is 0 Å². The molecule has 0 spiro atoms. The monoisotopic (exact) mass is 281 g/mol. The van der Waals surface area contributed by atoms with Crippen molar-refractivity contribution >= 4 is 34.2 Å². The molecular formula is C13H15NO2S2. The van der Waals surface area contributed by atoms with Gasteiger partial charge in [0.05, 0.1) is 10.8 Å². The molecular weight excluding hydrogens is 266 g/mol. The summed E-state index contributed by atoms with van der Waals surface area (Å²) < 4.78 is 12.0. The minimum Gasteiger partial charge on any atom is -0.311 e. The number of hydrogen-bond acceptors (Lipinski definition) is 3. The van der Waals surface area contributed by atoms with Gasteiger partial charge in [-0.3, -0.25) is 9.00 Å². The lowest BCUT2D eigenvalue weighted by molar-refractivity contribution is -0.114. The number of anilines is 1. The largest absolute Gasteiger partial charge is 0.311 e. The lowest BCUT2D eigenvalue weighted by atomic mass is 10.3. The van der Waals surface area contributed by atoms with Crippen molar-refractivity contribution in [2.24, 2.45) is 0 Å². The fraction of sp³-hybridized carbons (Fsp3) is 0.308. The van der Waals surface area contributed by atoms with E-state index in [1.165, 1.54) is 0 Å². The standard InChI is InChI=1S/C13H15NO2S2/c1-10-12(18(16)9-8-17-10)13(15)14(2)11-6-4-3-5-7-11/h3-7H,8-9H2,1-2H3. The number of thioether (sulfide) groups is 1. The number of rotatable bonds is 2. The third-order valence-corrected chi connectivity index (χ3v) is 5.72. The summed E-state index contributed by atoms with van der Waals surface area (Å²) in [5.74, 6) is 1.22. The van der Waals surface area contributed by atoms with E-state index in [4.69, 9.17) is 0 Å². The molecule has 1 aliphatic rings. The van der Waals surface area contributed by atoms with E-state index in [1.54, 1.807) is 23.7 Å². The SMILES string of the molecule is CC1=C(C(=O)N(C)c2ccccc2)S(=O)CCS1. The van der Waals surface area contributed by atoms with Crippen molar-refractivity contribution in [1.29, 1.82) is 0 Å². The van der Waals surface area contributed by atoms with Gasteiger partial charge in [-0.05, 0) is 19.1 Å². The number of para-hydroxylation sites is 1. The number of benzene rings is 1. The van der Waals surface area contributed by atoms with Crippen molar-refractivity contribution in [3.63, 3.8) is 0 Å². The minimum atomic E-state index is -1.16. The predicted molar refractivity (Wildman–Crippen MR) is 78.0 cm³/mol. The maximum absolute atomic E-state index is 12.4. The summed E-state index contributed by atoms with van der Waals surface area (Å²) in [5, 5.41) is 0. The molecule has 0 aliphatic carbocycles. The van der Waals surface area contributed by atoms with E-state index >= 15 is 0 Å². The highest BCUT2D eigenvalue weighted by Crippen LogP contribution is 2.29. The van der Waals surface area contributed by atoms with E-state index in [9.17, 15) is 9.00 Å². The molecule has 0 saturated carbocycles. The van der Waals surface area contributed by atoms with Gasteiger partial charge in [0.2, 0.25) is 0 Å². The van der Waals surface area contributed by atoms with Crippen LogP contribution in [0.25, 0.3) is 0 Å². The Morgan fingerprint density at radius 2 is 2.00 bits per heavy atom. The quantitative estimate of drug-likeness (QED) is 0.835. The zero-order valence-corrected chi connectivity index (χ0v) is 12.0. The number of amides is 1. The molecule has 1 aromatic rings. The molecule has 0 radical (unpaired) electrons. The maximum atomic E-state index is 12.4. The van der Waals surface area contributed by atoms with Gasteiger partial charge in [-0.25, -0.2) is 0 Å². The lowest BCUT2D eigenvalue weighted by Gasteiger charge is -2.22. The van der Waals surface area contributed by atoms with Crippen LogP contribution in [-0.4, -0.2) is 28.7 Å². The maximum Gasteiger partial charge on any atom is 0.267 e. The molecule has 0 fully saturated rings. The second-order valence-corrected chi connectivity index (χ2v) is 6.80. The van der Waals surface area contributed by atoms with Crippen molar-refractivity contribution in [2.45, 2.75) is 6.92 Å². The average Bonchev–Trinajstić information content (AvgIpc) is 2.38. The highest BCUT2D eigenvalue weighted by molar-refractivity contribution is 8.06. The topological polar surface area (TPSA) is 37.4 Å².